The summed E-state index contributed by atoms with van der Waals surface area (Å²) in [6, 6.07) is 12.5. The Morgan fingerprint density at radius 1 is 0.613 bits per heavy atom. The van der Waals surface area contributed by atoms with Crippen molar-refractivity contribution in [3.05, 3.63) is 100 Å². The minimum absolute atomic E-state index is 0.0155. The number of hydrogen-bond acceptors (Lipinski definition) is 22. The SMILES string of the molecule is CC(=O)N1CC(Nc2cc(C(=O)NC[C@@H](O)[C@@H]3Cc4ccc(O)cc4CN3C(=O)OC(C)(C)C)nc(N3CCCC3)n2)C1.CC(=O)N1CC(Nc2cc(C(=O)NC[C@@H](O)[C@@H]3Cc4ccc(OCc5ocnc5C)cc4CN3C(=O)OC(C)(C)C)nc(N3CCCC3)n2)C1. The number of carbonyl (C=O) groups is 6. The molecule has 4 saturated heterocycles. The predicted octanol–water partition coefficient (Wildman–Crippen LogP) is 4.93. The van der Waals surface area contributed by atoms with E-state index in [0.717, 1.165) is 79.8 Å². The molecule has 9 heterocycles. The minimum atomic E-state index is -1.12. The van der Waals surface area contributed by atoms with Gasteiger partial charge in [0.2, 0.25) is 23.7 Å². The van der Waals surface area contributed by atoms with Crippen LogP contribution in [0.4, 0.5) is 33.1 Å². The molecule has 2 aromatic carbocycles. The number of hydrogen-bond donors (Lipinski definition) is 7. The summed E-state index contributed by atoms with van der Waals surface area (Å²) in [5, 5.41) is 45.0. The van der Waals surface area contributed by atoms with Crippen LogP contribution in [0.3, 0.4) is 0 Å². The molecule has 11 rings (SSSR count). The summed E-state index contributed by atoms with van der Waals surface area (Å²) < 4.78 is 22.7. The number of benzene rings is 2. The van der Waals surface area contributed by atoms with Gasteiger partial charge in [-0.15, -0.1) is 0 Å². The molecule has 0 spiro atoms. The summed E-state index contributed by atoms with van der Waals surface area (Å²) in [5.74, 6) is 2.32. The van der Waals surface area contributed by atoms with Gasteiger partial charge in [-0.1, -0.05) is 12.1 Å². The van der Waals surface area contributed by atoms with E-state index < -0.39 is 59.5 Å². The molecule has 28 nitrogen and oxygen atoms in total. The van der Waals surface area contributed by atoms with E-state index in [2.05, 4.69) is 46.2 Å². The van der Waals surface area contributed by atoms with Crippen LogP contribution in [0.15, 0.2) is 59.3 Å². The highest BCUT2D eigenvalue weighted by Crippen LogP contribution is 2.33. The molecule has 0 radical (unpaired) electrons. The molecule has 93 heavy (non-hydrogen) atoms. The fourth-order valence-electron chi connectivity index (χ4n) is 11.9. The lowest BCUT2D eigenvalue weighted by atomic mass is 9.91. The first kappa shape index (κ1) is 66.9. The van der Waals surface area contributed by atoms with E-state index in [4.69, 9.17) is 18.6 Å². The third-order valence-electron chi connectivity index (χ3n) is 17.0. The number of carbonyl (C=O) groups excluding carboxylic acids is 6. The lowest BCUT2D eigenvalue weighted by molar-refractivity contribution is -0.133. The first-order valence-corrected chi connectivity index (χ1v) is 31.9. The molecule has 6 aliphatic rings. The van der Waals surface area contributed by atoms with Crippen molar-refractivity contribution in [1.82, 2.24) is 55.2 Å². The summed E-state index contributed by atoms with van der Waals surface area (Å²) in [6.45, 7) is 21.3. The maximum atomic E-state index is 13.5. The molecule has 7 N–H and O–H groups in total. The number of phenolic OH excluding ortho intramolecular Hbond substituents is 1. The Morgan fingerprint density at radius 2 is 1.05 bits per heavy atom. The average molecular weight is 1290 g/mol. The number of aromatic hydroxyl groups is 1. The van der Waals surface area contributed by atoms with Crippen molar-refractivity contribution in [2.45, 2.75) is 168 Å². The Labute approximate surface area is 540 Å². The van der Waals surface area contributed by atoms with Crippen molar-refractivity contribution < 1.29 is 62.7 Å². The summed E-state index contributed by atoms with van der Waals surface area (Å²) in [6.07, 6.45) is 2.73. The van der Waals surface area contributed by atoms with Crippen molar-refractivity contribution in [1.29, 1.82) is 0 Å². The number of aliphatic hydroxyl groups excluding tert-OH is 2. The first-order valence-electron chi connectivity index (χ1n) is 31.9. The Hall–Kier alpha value is -9.05. The van der Waals surface area contributed by atoms with Gasteiger partial charge in [0.1, 0.15) is 52.3 Å². The van der Waals surface area contributed by atoms with Crippen LogP contribution in [0.25, 0.3) is 0 Å². The highest BCUT2D eigenvalue weighted by atomic mass is 16.6. The molecule has 0 unspecified atom stereocenters. The number of rotatable bonds is 17. The Kier molecular flexibility index (Phi) is 20.4. The van der Waals surface area contributed by atoms with E-state index in [0.29, 0.717) is 74.1 Å². The molecule has 6 amide bonds. The topological polar surface area (TPSA) is 336 Å². The summed E-state index contributed by atoms with van der Waals surface area (Å²) in [7, 11) is 0. The van der Waals surface area contributed by atoms with E-state index >= 15 is 0 Å². The first-order chi connectivity index (χ1) is 44.2. The lowest BCUT2D eigenvalue weighted by Gasteiger charge is -2.40. The van der Waals surface area contributed by atoms with Crippen LogP contribution in [0.2, 0.25) is 0 Å². The average Bonchev–Trinajstić information content (AvgIpc) is 1.46. The van der Waals surface area contributed by atoms with Gasteiger partial charge in [-0.25, -0.2) is 24.5 Å². The van der Waals surface area contributed by atoms with Crippen LogP contribution in [0.1, 0.15) is 136 Å². The second-order valence-corrected chi connectivity index (χ2v) is 26.6. The zero-order valence-corrected chi connectivity index (χ0v) is 54.4. The van der Waals surface area contributed by atoms with Crippen LogP contribution in [-0.4, -0.2) is 209 Å². The van der Waals surface area contributed by atoms with E-state index in [1.165, 1.54) is 30.0 Å². The molecule has 6 aliphatic heterocycles. The number of nitrogens with zero attached hydrogens (tertiary/aromatic N) is 11. The number of fused-ring (bicyclic) bond motifs is 2. The number of oxazole rings is 1. The van der Waals surface area contributed by atoms with Crippen molar-refractivity contribution >= 4 is 59.3 Å². The Bertz CT molecular complexity index is 3530. The Balaban J connectivity index is 0.000000206. The monoisotopic (exact) mass is 1290 g/mol. The van der Waals surface area contributed by atoms with Crippen LogP contribution >= 0.6 is 0 Å². The van der Waals surface area contributed by atoms with Crippen molar-refractivity contribution in [3.8, 4) is 11.5 Å². The fourth-order valence-corrected chi connectivity index (χ4v) is 11.9. The molecule has 0 aliphatic carbocycles. The number of likely N-dealkylation sites (tertiary alicyclic amines) is 2. The van der Waals surface area contributed by atoms with Crippen molar-refractivity contribution in [2.24, 2.45) is 0 Å². The molecule has 4 atom stereocenters. The Morgan fingerprint density at radius 3 is 1.47 bits per heavy atom. The van der Waals surface area contributed by atoms with Gasteiger partial charge >= 0.3 is 12.2 Å². The number of phenols is 1. The smallest absolute Gasteiger partial charge is 0.410 e. The van der Waals surface area contributed by atoms with E-state index in [1.54, 1.807) is 81.7 Å². The zero-order valence-electron chi connectivity index (χ0n) is 54.4. The maximum Gasteiger partial charge on any atom is 0.410 e. The van der Waals surface area contributed by atoms with Crippen LogP contribution in [0.5, 0.6) is 11.5 Å². The molecular weight excluding hydrogens is 1200 g/mol. The number of aryl methyl sites for hydroxylation is 1. The molecule has 3 aromatic heterocycles. The number of ether oxygens (including phenoxy) is 3. The number of anilines is 4. The molecule has 4 fully saturated rings. The lowest BCUT2D eigenvalue weighted by Crippen LogP contribution is -2.56. The zero-order chi connectivity index (χ0) is 66.5. The molecule has 0 saturated carbocycles. The second kappa shape index (κ2) is 28.4. The largest absolute Gasteiger partial charge is 0.508 e. The number of aliphatic hydroxyl groups is 2. The van der Waals surface area contributed by atoms with E-state index in [9.17, 15) is 44.1 Å². The van der Waals surface area contributed by atoms with Crippen molar-refractivity contribution in [3.63, 3.8) is 0 Å². The third-order valence-corrected chi connectivity index (χ3v) is 17.0. The van der Waals surface area contributed by atoms with Gasteiger partial charge in [0.25, 0.3) is 11.8 Å². The summed E-state index contributed by atoms with van der Waals surface area (Å²) in [5.41, 5.74) is 3.05. The van der Waals surface area contributed by atoms with Crippen LogP contribution in [0, 0.1) is 6.92 Å². The maximum absolute atomic E-state index is 13.5. The van der Waals surface area contributed by atoms with Gasteiger partial charge in [-0.3, -0.25) is 29.0 Å². The van der Waals surface area contributed by atoms with Gasteiger partial charge in [0, 0.05) is 105 Å². The van der Waals surface area contributed by atoms with Crippen LogP contribution < -0.4 is 35.8 Å². The van der Waals surface area contributed by atoms with Gasteiger partial charge < -0.3 is 74.8 Å². The quantitative estimate of drug-likeness (QED) is 0.0649. The summed E-state index contributed by atoms with van der Waals surface area (Å²) in [4.78, 5) is 110. The van der Waals surface area contributed by atoms with Gasteiger partial charge in [-0.2, -0.15) is 9.97 Å². The molecular formula is C65H87N15O13. The number of aromatic nitrogens is 5. The van der Waals surface area contributed by atoms with E-state index in [-0.39, 0.29) is 73.8 Å². The van der Waals surface area contributed by atoms with Gasteiger partial charge in [0.05, 0.1) is 42.1 Å². The van der Waals surface area contributed by atoms with E-state index in [1.807, 2.05) is 34.9 Å². The highest BCUT2D eigenvalue weighted by molar-refractivity contribution is 5.94. The second-order valence-electron chi connectivity index (χ2n) is 26.6. The molecule has 5 aromatic rings. The van der Waals surface area contributed by atoms with Gasteiger partial charge in [0.15, 0.2) is 12.2 Å². The number of amides is 6. The van der Waals surface area contributed by atoms with Crippen LogP contribution in [-0.2, 0) is 51.6 Å². The summed E-state index contributed by atoms with van der Waals surface area (Å²) >= 11 is 0. The highest BCUT2D eigenvalue weighted by Gasteiger charge is 2.40. The predicted molar refractivity (Wildman–Crippen MR) is 342 cm³/mol. The standard InChI is InChI=1S/C35H46N8O7.C30H41N7O6/c1-21-30(49-20-37-21)19-48-26-9-8-23-13-28(43(16-24(23)12-26)34(47)50-35(3,4)5)29(45)15-36-32(46)27-14-31(38-25-17-42(18-25)22(2)44)40-33(39-27)41-10-6-7-11-41;1-18(38)36-16-21(17-36)32-26-13-23(33-28(34-26)35-9-5-6-10-35)27(41)31-14-25(40)24-12-19-7-8-22(39)11-20(19)15-37(24)29(42)43-30(2,3)4/h8-9,12,14,20,25,28-29,45H,6-7,10-11,13,15-19H2,1-5H3,(H,36,46)(H,38,39,40);7-8,11,13,21,24-25,39-40H,5-6,9-10,12,14-17H2,1-4H3,(H,31,41)(H,32,33,34)/t28-,29+;24-,25+/m00/s1. The molecule has 500 valence electrons. The minimum Gasteiger partial charge on any atom is -0.508 e. The van der Waals surface area contributed by atoms with Crippen molar-refractivity contribution in [2.75, 3.05) is 85.9 Å². The normalized spacial score (nSPS) is 18.8. The fraction of sp³-hybridized carbons (Fsp3) is 0.554. The third kappa shape index (κ3) is 17.2. The number of nitrogens with one attached hydrogen (secondary N) is 4. The molecule has 28 heteroatoms. The molecule has 0 bridgehead atoms. The van der Waals surface area contributed by atoms with Gasteiger partial charge in [-0.05, 0) is 134 Å².